The minimum absolute atomic E-state index is 0.0223. The van der Waals surface area contributed by atoms with Crippen LogP contribution >= 0.6 is 11.8 Å². The molecule has 1 heterocycles. The molecule has 178 valence electrons. The van der Waals surface area contributed by atoms with Gasteiger partial charge in [0, 0.05) is 24.6 Å². The monoisotopic (exact) mass is 487 g/mol. The lowest BCUT2D eigenvalue weighted by molar-refractivity contribution is -0.230. The largest absolute Gasteiger partial charge is 0.419 e. The van der Waals surface area contributed by atoms with Crippen LogP contribution in [0.25, 0.3) is 0 Å². The maximum atomic E-state index is 13.1. The summed E-state index contributed by atoms with van der Waals surface area (Å²) in [5, 5.41) is 3.30. The molecular formula is C28H25NO5S. The molecule has 0 bridgehead atoms. The van der Waals surface area contributed by atoms with Crippen LogP contribution in [0.15, 0.2) is 102 Å². The molecule has 1 N–H and O–H groups in total. The summed E-state index contributed by atoms with van der Waals surface area (Å²) in [6.07, 6.45) is 0.898. The summed E-state index contributed by atoms with van der Waals surface area (Å²) in [5.74, 6) is -3.05. The Morgan fingerprint density at radius 1 is 0.829 bits per heavy atom. The smallest absolute Gasteiger partial charge is 0.351 e. The molecule has 35 heavy (non-hydrogen) atoms. The zero-order valence-electron chi connectivity index (χ0n) is 19.2. The Balaban J connectivity index is 1.54. The van der Waals surface area contributed by atoms with Gasteiger partial charge in [-0.3, -0.25) is 4.79 Å². The van der Waals surface area contributed by atoms with Crippen molar-refractivity contribution in [3.05, 3.63) is 113 Å². The molecular weight excluding hydrogens is 462 g/mol. The average Bonchev–Trinajstić information content (AvgIpc) is 2.87. The molecule has 0 aromatic heterocycles. The van der Waals surface area contributed by atoms with Crippen molar-refractivity contribution < 1.29 is 23.9 Å². The fourth-order valence-electron chi connectivity index (χ4n) is 3.57. The normalized spacial score (nSPS) is 17.3. The number of rotatable bonds is 9. The number of Topliss-reactive ketones (excluding diaryl/α,β-unsaturated/α-hetero) is 1. The van der Waals surface area contributed by atoms with Crippen LogP contribution in [0.1, 0.15) is 29.3 Å². The highest BCUT2D eigenvalue weighted by Gasteiger charge is 2.44. The van der Waals surface area contributed by atoms with Crippen molar-refractivity contribution >= 4 is 35.2 Å². The second-order valence-corrected chi connectivity index (χ2v) is 9.16. The first-order chi connectivity index (χ1) is 16.9. The van der Waals surface area contributed by atoms with E-state index >= 15 is 0 Å². The van der Waals surface area contributed by atoms with Crippen LogP contribution in [0.2, 0.25) is 0 Å². The molecule has 0 saturated carbocycles. The van der Waals surface area contributed by atoms with E-state index in [0.29, 0.717) is 24.1 Å². The molecule has 6 nitrogen and oxygen atoms in total. The Kier molecular flexibility index (Phi) is 7.67. The first kappa shape index (κ1) is 24.3. The summed E-state index contributed by atoms with van der Waals surface area (Å²) >= 11 is 1.06. The van der Waals surface area contributed by atoms with E-state index in [1.807, 2.05) is 54.6 Å². The molecule has 1 saturated heterocycles. The molecule has 3 aromatic carbocycles. The van der Waals surface area contributed by atoms with Crippen molar-refractivity contribution in [1.82, 2.24) is 0 Å². The summed E-state index contributed by atoms with van der Waals surface area (Å²) in [6.45, 7) is 1.58. The predicted octanol–water partition coefficient (Wildman–Crippen LogP) is 5.38. The number of nitrogens with one attached hydrogen (secondary N) is 1. The van der Waals surface area contributed by atoms with Gasteiger partial charge < -0.3 is 14.8 Å². The van der Waals surface area contributed by atoms with Gasteiger partial charge in [-0.05, 0) is 24.1 Å². The molecule has 0 amide bonds. The van der Waals surface area contributed by atoms with Gasteiger partial charge in [0.15, 0.2) is 11.4 Å². The summed E-state index contributed by atoms with van der Waals surface area (Å²) in [5.41, 5.74) is 2.00. The number of hydrogen-bond acceptors (Lipinski definition) is 7. The topological polar surface area (TPSA) is 81.7 Å². The number of esters is 2. The van der Waals surface area contributed by atoms with E-state index in [2.05, 4.69) is 5.32 Å². The van der Waals surface area contributed by atoms with Gasteiger partial charge in [0.2, 0.25) is 0 Å². The Morgan fingerprint density at radius 2 is 1.37 bits per heavy atom. The number of thioether (sulfide) groups is 1. The summed E-state index contributed by atoms with van der Waals surface area (Å²) in [7, 11) is 0. The zero-order chi connectivity index (χ0) is 24.7. The molecule has 0 spiro atoms. The molecule has 4 rings (SSSR count). The second-order valence-electron chi connectivity index (χ2n) is 8.17. The van der Waals surface area contributed by atoms with Crippen LogP contribution in [0.4, 0.5) is 5.69 Å². The quantitative estimate of drug-likeness (QED) is 0.188. The van der Waals surface area contributed by atoms with Gasteiger partial charge in [0.05, 0.1) is 10.8 Å². The van der Waals surface area contributed by atoms with E-state index in [9.17, 15) is 14.4 Å². The highest BCUT2D eigenvalue weighted by atomic mass is 32.2. The van der Waals surface area contributed by atoms with Gasteiger partial charge >= 0.3 is 11.9 Å². The van der Waals surface area contributed by atoms with Crippen molar-refractivity contribution in [3.63, 3.8) is 0 Å². The number of cyclic esters (lactones) is 2. The Hall–Kier alpha value is -3.84. The minimum Gasteiger partial charge on any atom is -0.419 e. The van der Waals surface area contributed by atoms with Crippen LogP contribution in [0.3, 0.4) is 0 Å². The van der Waals surface area contributed by atoms with Crippen molar-refractivity contribution in [2.75, 3.05) is 11.1 Å². The van der Waals surface area contributed by atoms with E-state index in [0.717, 1.165) is 17.3 Å². The first-order valence-corrected chi connectivity index (χ1v) is 12.2. The van der Waals surface area contributed by atoms with Crippen LogP contribution in [-0.4, -0.2) is 29.3 Å². The van der Waals surface area contributed by atoms with Crippen LogP contribution in [0.5, 0.6) is 0 Å². The van der Waals surface area contributed by atoms with Crippen molar-refractivity contribution in [3.8, 4) is 0 Å². The molecule has 0 unspecified atom stereocenters. The number of para-hydroxylation sites is 1. The van der Waals surface area contributed by atoms with E-state index in [4.69, 9.17) is 9.47 Å². The Bertz CT molecular complexity index is 1210. The molecule has 7 heteroatoms. The van der Waals surface area contributed by atoms with Gasteiger partial charge in [-0.2, -0.15) is 0 Å². The average molecular weight is 488 g/mol. The molecule has 1 fully saturated rings. The highest BCUT2D eigenvalue weighted by Crippen LogP contribution is 2.33. The van der Waals surface area contributed by atoms with Gasteiger partial charge in [-0.1, -0.05) is 90.6 Å². The van der Waals surface area contributed by atoms with Crippen molar-refractivity contribution in [2.45, 2.75) is 25.6 Å². The predicted molar refractivity (Wildman–Crippen MR) is 136 cm³/mol. The third-order valence-electron chi connectivity index (χ3n) is 5.44. The first-order valence-electron chi connectivity index (χ1n) is 11.2. The molecule has 0 atom stereocenters. The van der Waals surface area contributed by atoms with Gasteiger partial charge in [-0.25, -0.2) is 9.59 Å². The molecule has 0 aliphatic carbocycles. The third-order valence-corrected chi connectivity index (χ3v) is 6.44. The standard InChI is InChI=1S/C28H25NO5S/c1-28(18-17-20-11-5-2-6-12-20)33-26(31)24(27(32)34-28)25(29-22-15-9-4-10-16-22)35-19-23(30)21-13-7-3-8-14-21/h2-16,29H,17-19H2,1H3. The maximum absolute atomic E-state index is 13.1. The number of carbonyl (C=O) groups is 3. The zero-order valence-corrected chi connectivity index (χ0v) is 20.0. The molecule has 1 aliphatic rings. The maximum Gasteiger partial charge on any atom is 0.351 e. The highest BCUT2D eigenvalue weighted by molar-refractivity contribution is 8.03. The fourth-order valence-corrected chi connectivity index (χ4v) is 4.51. The Morgan fingerprint density at radius 3 is 1.97 bits per heavy atom. The summed E-state index contributed by atoms with van der Waals surface area (Å²) in [6, 6.07) is 27.6. The SMILES string of the molecule is CC1(CCc2ccccc2)OC(=O)C(=C(Nc2ccccc2)SCC(=O)c2ccccc2)C(=O)O1. The number of carbonyl (C=O) groups excluding carboxylic acids is 3. The van der Waals surface area contributed by atoms with Crippen LogP contribution in [-0.2, 0) is 25.5 Å². The molecule has 3 aromatic rings. The van der Waals surface area contributed by atoms with E-state index in [1.54, 1.807) is 43.3 Å². The molecule has 1 aliphatic heterocycles. The number of benzene rings is 3. The van der Waals surface area contributed by atoms with E-state index in [-0.39, 0.29) is 22.1 Å². The number of ether oxygens (including phenoxy) is 2. The lowest BCUT2D eigenvalue weighted by atomic mass is 10.0. The lowest BCUT2D eigenvalue weighted by Gasteiger charge is -2.34. The minimum atomic E-state index is -1.38. The number of ketones is 1. The summed E-state index contributed by atoms with van der Waals surface area (Å²) < 4.78 is 11.2. The second kappa shape index (κ2) is 11.1. The number of aryl methyl sites for hydroxylation is 1. The van der Waals surface area contributed by atoms with Gasteiger partial charge in [0.25, 0.3) is 5.79 Å². The lowest BCUT2D eigenvalue weighted by Crippen LogP contribution is -2.45. The third kappa shape index (κ3) is 6.39. The van der Waals surface area contributed by atoms with Crippen molar-refractivity contribution in [1.29, 1.82) is 0 Å². The van der Waals surface area contributed by atoms with Gasteiger partial charge in [-0.15, -0.1) is 0 Å². The van der Waals surface area contributed by atoms with Crippen molar-refractivity contribution in [2.24, 2.45) is 0 Å². The van der Waals surface area contributed by atoms with Gasteiger partial charge in [0.1, 0.15) is 0 Å². The number of hydrogen-bond donors (Lipinski definition) is 1. The Labute approximate surface area is 208 Å². The van der Waals surface area contributed by atoms with E-state index < -0.39 is 17.7 Å². The summed E-state index contributed by atoms with van der Waals surface area (Å²) in [4.78, 5) is 38.8. The fraction of sp³-hybridized carbons (Fsp3) is 0.179. The van der Waals surface area contributed by atoms with E-state index in [1.165, 1.54) is 0 Å². The van der Waals surface area contributed by atoms with Crippen LogP contribution < -0.4 is 5.32 Å². The molecule has 0 radical (unpaired) electrons. The van der Waals surface area contributed by atoms with Crippen LogP contribution in [0, 0.1) is 0 Å². The number of anilines is 1.